The summed E-state index contributed by atoms with van der Waals surface area (Å²) in [6, 6.07) is 5.61. The molecule has 0 amide bonds. The molecule has 2 aromatic heterocycles. The first-order chi connectivity index (χ1) is 13.3. The fraction of sp³-hybridized carbons (Fsp3) is 0.300. The largest absolute Gasteiger partial charge is 0.493 e. The van der Waals surface area contributed by atoms with E-state index in [0.29, 0.717) is 44.6 Å². The highest BCUT2D eigenvalue weighted by Crippen LogP contribution is 2.38. The average Bonchev–Trinajstić information content (AvgIpc) is 3.22. The normalized spacial score (nSPS) is 11.0. The number of rotatable bonds is 7. The summed E-state index contributed by atoms with van der Waals surface area (Å²) in [5.74, 6) is 0.0516. The zero-order valence-corrected chi connectivity index (χ0v) is 17.6. The van der Waals surface area contributed by atoms with Crippen LogP contribution in [0, 0.1) is 19.8 Å². The lowest BCUT2D eigenvalue weighted by atomic mass is 10.1. The predicted octanol–water partition coefficient (Wildman–Crippen LogP) is 5.10. The molecule has 1 N–H and O–H groups in total. The van der Waals surface area contributed by atoms with E-state index < -0.39 is 5.97 Å². The van der Waals surface area contributed by atoms with Gasteiger partial charge in [-0.2, -0.15) is 0 Å². The van der Waals surface area contributed by atoms with E-state index in [-0.39, 0.29) is 4.88 Å². The van der Waals surface area contributed by atoms with Crippen molar-refractivity contribution in [3.63, 3.8) is 0 Å². The number of carbonyl (C=O) groups excluding carboxylic acids is 1. The van der Waals surface area contributed by atoms with Gasteiger partial charge in [0.2, 0.25) is 0 Å². The Balaban J connectivity index is 2.10. The monoisotopic (exact) mass is 416 g/mol. The second-order valence-corrected chi connectivity index (χ2v) is 8.77. The van der Waals surface area contributed by atoms with E-state index in [2.05, 4.69) is 23.8 Å². The van der Waals surface area contributed by atoms with Crippen molar-refractivity contribution < 1.29 is 19.4 Å². The maximum absolute atomic E-state index is 11.3. The van der Waals surface area contributed by atoms with Gasteiger partial charge in [0, 0.05) is 5.56 Å². The Kier molecular flexibility index (Phi) is 5.90. The number of hydrogen-bond acceptors (Lipinski definition) is 7. The number of carbonyl (C=O) groups is 2. The summed E-state index contributed by atoms with van der Waals surface area (Å²) in [5, 5.41) is 10.6. The smallest absolute Gasteiger partial charge is 0.347 e. The predicted molar refractivity (Wildman–Crippen MR) is 111 cm³/mol. The molecule has 3 rings (SSSR count). The third-order valence-corrected chi connectivity index (χ3v) is 6.27. The Labute approximate surface area is 170 Å². The molecular formula is C20H20N2O4S2. The van der Waals surface area contributed by atoms with Crippen molar-refractivity contribution in [2.75, 3.05) is 6.61 Å². The SMILES string of the molecule is Cc1nc(-c2cc(-c3nc(C)c(C(=O)O)s3)ccc2OCC(C)C)sc1C=O. The number of carboxylic acid groups (broad SMARTS) is 1. The van der Waals surface area contributed by atoms with E-state index in [1.165, 1.54) is 11.3 Å². The average molecular weight is 417 g/mol. The fourth-order valence-electron chi connectivity index (χ4n) is 2.56. The van der Waals surface area contributed by atoms with Gasteiger partial charge >= 0.3 is 5.97 Å². The van der Waals surface area contributed by atoms with E-state index in [9.17, 15) is 14.7 Å². The number of aromatic carboxylic acids is 1. The van der Waals surface area contributed by atoms with Gasteiger partial charge in [-0.3, -0.25) is 4.79 Å². The van der Waals surface area contributed by atoms with E-state index in [4.69, 9.17) is 4.74 Å². The second-order valence-electron chi connectivity index (χ2n) is 6.74. The molecule has 0 unspecified atom stereocenters. The zero-order valence-electron chi connectivity index (χ0n) is 16.0. The van der Waals surface area contributed by atoms with Gasteiger partial charge in [-0.05, 0) is 38.0 Å². The Hall–Kier alpha value is -2.58. The molecule has 0 radical (unpaired) electrons. The molecule has 0 bridgehead atoms. The Morgan fingerprint density at radius 2 is 1.89 bits per heavy atom. The fourth-order valence-corrected chi connectivity index (χ4v) is 4.37. The van der Waals surface area contributed by atoms with Crippen LogP contribution in [0.25, 0.3) is 21.1 Å². The van der Waals surface area contributed by atoms with E-state index >= 15 is 0 Å². The van der Waals surface area contributed by atoms with Gasteiger partial charge < -0.3 is 9.84 Å². The third kappa shape index (κ3) is 4.13. The van der Waals surface area contributed by atoms with Gasteiger partial charge in [-0.15, -0.1) is 22.7 Å². The number of carboxylic acids is 1. The van der Waals surface area contributed by atoms with Crippen molar-refractivity contribution in [1.82, 2.24) is 9.97 Å². The van der Waals surface area contributed by atoms with Crippen LogP contribution in [0.15, 0.2) is 18.2 Å². The highest BCUT2D eigenvalue weighted by Gasteiger charge is 2.19. The maximum atomic E-state index is 11.3. The van der Waals surface area contributed by atoms with E-state index in [1.54, 1.807) is 13.8 Å². The quantitative estimate of drug-likeness (QED) is 0.539. The number of aromatic nitrogens is 2. The number of benzene rings is 1. The summed E-state index contributed by atoms with van der Waals surface area (Å²) in [4.78, 5) is 32.3. The van der Waals surface area contributed by atoms with Crippen LogP contribution < -0.4 is 4.74 Å². The van der Waals surface area contributed by atoms with Crippen molar-refractivity contribution >= 4 is 34.9 Å². The van der Waals surface area contributed by atoms with Crippen LogP contribution in [0.2, 0.25) is 0 Å². The first-order valence-corrected chi connectivity index (χ1v) is 10.3. The lowest BCUT2D eigenvalue weighted by Crippen LogP contribution is -2.05. The van der Waals surface area contributed by atoms with Crippen LogP contribution in [-0.4, -0.2) is 33.9 Å². The first-order valence-electron chi connectivity index (χ1n) is 8.71. The van der Waals surface area contributed by atoms with Gasteiger partial charge in [0.15, 0.2) is 6.29 Å². The van der Waals surface area contributed by atoms with Gasteiger partial charge in [0.1, 0.15) is 20.6 Å². The minimum Gasteiger partial charge on any atom is -0.493 e. The number of nitrogens with zero attached hydrogens (tertiary/aromatic N) is 2. The van der Waals surface area contributed by atoms with E-state index in [1.807, 2.05) is 18.2 Å². The number of aldehydes is 1. The molecule has 0 spiro atoms. The van der Waals surface area contributed by atoms with Crippen molar-refractivity contribution in [2.45, 2.75) is 27.7 Å². The Morgan fingerprint density at radius 1 is 1.18 bits per heavy atom. The molecule has 0 saturated carbocycles. The Morgan fingerprint density at radius 3 is 2.46 bits per heavy atom. The third-order valence-electron chi connectivity index (χ3n) is 3.96. The van der Waals surface area contributed by atoms with Crippen molar-refractivity contribution in [3.8, 4) is 26.9 Å². The molecule has 28 heavy (non-hydrogen) atoms. The molecular weight excluding hydrogens is 396 g/mol. The maximum Gasteiger partial charge on any atom is 0.347 e. The number of ether oxygens (including phenoxy) is 1. The van der Waals surface area contributed by atoms with Crippen LogP contribution >= 0.6 is 22.7 Å². The van der Waals surface area contributed by atoms with Crippen LogP contribution in [0.5, 0.6) is 5.75 Å². The van der Waals surface area contributed by atoms with Crippen molar-refractivity contribution in [1.29, 1.82) is 0 Å². The number of thiazole rings is 2. The molecule has 0 aliphatic heterocycles. The molecule has 146 valence electrons. The van der Waals surface area contributed by atoms with Crippen LogP contribution in [-0.2, 0) is 0 Å². The van der Waals surface area contributed by atoms with Gasteiger partial charge in [0.25, 0.3) is 0 Å². The van der Waals surface area contributed by atoms with Crippen LogP contribution in [0.4, 0.5) is 0 Å². The molecule has 0 saturated heterocycles. The number of hydrogen-bond donors (Lipinski definition) is 1. The highest BCUT2D eigenvalue weighted by molar-refractivity contribution is 7.17. The summed E-state index contributed by atoms with van der Waals surface area (Å²) in [7, 11) is 0. The van der Waals surface area contributed by atoms with Gasteiger partial charge in [-0.25, -0.2) is 14.8 Å². The molecule has 0 atom stereocenters. The van der Waals surface area contributed by atoms with Gasteiger partial charge in [-0.1, -0.05) is 13.8 Å². The Bertz CT molecular complexity index is 1040. The summed E-state index contributed by atoms with van der Waals surface area (Å²) in [6.45, 7) is 8.17. The van der Waals surface area contributed by atoms with Crippen LogP contribution in [0.1, 0.15) is 44.6 Å². The lowest BCUT2D eigenvalue weighted by molar-refractivity contribution is 0.0701. The summed E-state index contributed by atoms with van der Waals surface area (Å²) < 4.78 is 5.96. The minimum absolute atomic E-state index is 0.227. The topological polar surface area (TPSA) is 89.4 Å². The molecule has 1 aromatic carbocycles. The van der Waals surface area contributed by atoms with Crippen molar-refractivity contribution in [3.05, 3.63) is 39.3 Å². The lowest BCUT2D eigenvalue weighted by Gasteiger charge is -2.13. The molecule has 0 fully saturated rings. The standard InChI is InChI=1S/C20H20N2O4S2/c1-10(2)9-26-15-6-5-13(18-22-12(4)17(28-18)20(24)25)7-14(15)19-21-11(3)16(8-23)27-19/h5-8,10H,9H2,1-4H3,(H,24,25). The summed E-state index contributed by atoms with van der Waals surface area (Å²) in [5.41, 5.74) is 2.72. The molecule has 2 heterocycles. The first kappa shape index (κ1) is 20.2. The summed E-state index contributed by atoms with van der Waals surface area (Å²) >= 11 is 2.44. The van der Waals surface area contributed by atoms with Crippen LogP contribution in [0.3, 0.4) is 0 Å². The molecule has 6 nitrogen and oxygen atoms in total. The van der Waals surface area contributed by atoms with E-state index in [0.717, 1.165) is 28.7 Å². The zero-order chi connectivity index (χ0) is 20.4. The molecule has 0 aliphatic rings. The van der Waals surface area contributed by atoms with Gasteiger partial charge in [0.05, 0.1) is 28.4 Å². The summed E-state index contributed by atoms with van der Waals surface area (Å²) in [6.07, 6.45) is 0.804. The number of aryl methyl sites for hydroxylation is 2. The minimum atomic E-state index is -0.982. The molecule has 3 aromatic rings. The second kappa shape index (κ2) is 8.20. The molecule has 0 aliphatic carbocycles. The molecule has 8 heteroatoms. The highest BCUT2D eigenvalue weighted by atomic mass is 32.1. The van der Waals surface area contributed by atoms with Crippen molar-refractivity contribution in [2.24, 2.45) is 5.92 Å².